The highest BCUT2D eigenvalue weighted by Crippen LogP contribution is 2.39. The number of alkyl halides is 2. The fourth-order valence-corrected chi connectivity index (χ4v) is 1.33. The van der Waals surface area contributed by atoms with Crippen molar-refractivity contribution in [3.05, 3.63) is 28.8 Å². The highest BCUT2D eigenvalue weighted by molar-refractivity contribution is 6.32. The molecule has 0 aliphatic carbocycles. The summed E-state index contributed by atoms with van der Waals surface area (Å²) >= 11 is 5.59. The molecule has 0 aliphatic rings. The van der Waals surface area contributed by atoms with Crippen LogP contribution in [0.5, 0.6) is 5.75 Å². The van der Waals surface area contributed by atoms with Gasteiger partial charge in [0.2, 0.25) is 0 Å². The van der Waals surface area contributed by atoms with Crippen LogP contribution in [0.4, 0.5) is 8.78 Å². The molecule has 1 aromatic rings. The summed E-state index contributed by atoms with van der Waals surface area (Å²) in [4.78, 5) is 10.4. The average molecular weight is 237 g/mol. The summed E-state index contributed by atoms with van der Waals surface area (Å²) in [6.45, 7) is 0. The molecule has 0 radical (unpaired) electrons. The molecule has 0 aromatic heterocycles. The van der Waals surface area contributed by atoms with Crippen LogP contribution < -0.4 is 4.74 Å². The minimum absolute atomic E-state index is 0.0593. The van der Waals surface area contributed by atoms with Crippen molar-refractivity contribution >= 4 is 17.6 Å². The lowest BCUT2D eigenvalue weighted by Gasteiger charge is -2.15. The van der Waals surface area contributed by atoms with Gasteiger partial charge in [0.05, 0.1) is 17.7 Å². The molecule has 6 heteroatoms. The van der Waals surface area contributed by atoms with Gasteiger partial charge in [0, 0.05) is 0 Å². The van der Waals surface area contributed by atoms with Gasteiger partial charge in [0.15, 0.2) is 0 Å². The Bertz CT molecular complexity index is 393. The number of rotatable bonds is 3. The maximum absolute atomic E-state index is 13.2. The second kappa shape index (κ2) is 4.02. The number of carboxylic acid groups (broad SMARTS) is 1. The smallest absolute Gasteiger partial charge is 0.379 e. The van der Waals surface area contributed by atoms with E-state index >= 15 is 0 Å². The van der Waals surface area contributed by atoms with E-state index in [9.17, 15) is 13.6 Å². The zero-order valence-electron chi connectivity index (χ0n) is 7.63. The Morgan fingerprint density at radius 2 is 2.13 bits per heavy atom. The lowest BCUT2D eigenvalue weighted by atomic mass is 10.1. The Morgan fingerprint density at radius 3 is 2.60 bits per heavy atom. The lowest BCUT2D eigenvalue weighted by Crippen LogP contribution is -2.26. The number of carbonyl (C=O) groups is 1. The molecule has 0 atom stereocenters. The quantitative estimate of drug-likeness (QED) is 0.877. The third kappa shape index (κ3) is 2.02. The minimum Gasteiger partial charge on any atom is -0.495 e. The molecular weight excluding hydrogens is 230 g/mol. The topological polar surface area (TPSA) is 46.5 Å². The number of hydrogen-bond acceptors (Lipinski definition) is 2. The third-order valence-corrected chi connectivity index (χ3v) is 2.08. The summed E-state index contributed by atoms with van der Waals surface area (Å²) in [7, 11) is 1.14. The van der Waals surface area contributed by atoms with E-state index in [0.29, 0.717) is 0 Å². The summed E-state index contributed by atoms with van der Waals surface area (Å²) in [5.41, 5.74) is -0.759. The van der Waals surface area contributed by atoms with E-state index in [1.807, 2.05) is 0 Å². The van der Waals surface area contributed by atoms with Gasteiger partial charge >= 0.3 is 11.9 Å². The molecule has 1 rings (SSSR count). The number of carboxylic acids is 1. The van der Waals surface area contributed by atoms with E-state index < -0.39 is 17.5 Å². The van der Waals surface area contributed by atoms with Crippen LogP contribution in [0.25, 0.3) is 0 Å². The summed E-state index contributed by atoms with van der Waals surface area (Å²) in [6, 6.07) is 3.53. The Kier molecular flexibility index (Phi) is 3.14. The molecule has 3 nitrogen and oxygen atoms in total. The standard InChI is InChI=1S/C9H7ClF2O3/c1-15-7-5(3-2-4-6(7)10)9(11,12)8(13)14/h2-4H,1H3,(H,13,14). The van der Waals surface area contributed by atoms with Crippen molar-refractivity contribution in [1.82, 2.24) is 0 Å². The van der Waals surface area contributed by atoms with Gasteiger partial charge in [0.1, 0.15) is 5.75 Å². The van der Waals surface area contributed by atoms with Crippen molar-refractivity contribution in [2.75, 3.05) is 7.11 Å². The van der Waals surface area contributed by atoms with Gasteiger partial charge in [0.25, 0.3) is 0 Å². The van der Waals surface area contributed by atoms with Gasteiger partial charge in [-0.3, -0.25) is 0 Å². The Labute approximate surface area is 89.2 Å². The van der Waals surface area contributed by atoms with E-state index in [-0.39, 0.29) is 10.8 Å². The third-order valence-electron chi connectivity index (χ3n) is 1.78. The predicted octanol–water partition coefficient (Wildman–Crippen LogP) is 2.52. The largest absolute Gasteiger partial charge is 0.495 e. The van der Waals surface area contributed by atoms with Crippen molar-refractivity contribution in [3.8, 4) is 5.75 Å². The number of hydrogen-bond donors (Lipinski definition) is 1. The predicted molar refractivity (Wildman–Crippen MR) is 49.5 cm³/mol. The van der Waals surface area contributed by atoms with E-state index in [1.54, 1.807) is 0 Å². The minimum atomic E-state index is -4.02. The summed E-state index contributed by atoms with van der Waals surface area (Å²) in [5, 5.41) is 8.30. The van der Waals surface area contributed by atoms with Crippen LogP contribution in [0.3, 0.4) is 0 Å². The normalized spacial score (nSPS) is 11.2. The van der Waals surface area contributed by atoms with Crippen LogP contribution in [-0.4, -0.2) is 18.2 Å². The maximum atomic E-state index is 13.2. The number of aliphatic carboxylic acids is 1. The van der Waals surface area contributed by atoms with E-state index in [4.69, 9.17) is 16.7 Å². The SMILES string of the molecule is COc1c(Cl)cccc1C(F)(F)C(=O)O. The molecule has 0 aliphatic heterocycles. The van der Waals surface area contributed by atoms with Crippen LogP contribution in [-0.2, 0) is 10.7 Å². The first-order valence-corrected chi connectivity index (χ1v) is 4.23. The number of halogens is 3. The Balaban J connectivity index is 3.37. The van der Waals surface area contributed by atoms with Gasteiger partial charge in [-0.05, 0) is 12.1 Å². The second-order valence-corrected chi connectivity index (χ2v) is 3.11. The molecule has 0 heterocycles. The van der Waals surface area contributed by atoms with Gasteiger partial charge in [-0.25, -0.2) is 4.79 Å². The van der Waals surface area contributed by atoms with Crippen molar-refractivity contribution in [1.29, 1.82) is 0 Å². The number of ether oxygens (including phenoxy) is 1. The molecule has 1 N–H and O–H groups in total. The Hall–Kier alpha value is -1.36. The van der Waals surface area contributed by atoms with Crippen LogP contribution in [0.1, 0.15) is 5.56 Å². The monoisotopic (exact) mass is 236 g/mol. The van der Waals surface area contributed by atoms with Gasteiger partial charge in [-0.15, -0.1) is 0 Å². The van der Waals surface area contributed by atoms with Crippen molar-refractivity contribution in [2.24, 2.45) is 0 Å². The molecular formula is C9H7ClF2O3. The van der Waals surface area contributed by atoms with Crippen LogP contribution >= 0.6 is 11.6 Å². The highest BCUT2D eigenvalue weighted by Gasteiger charge is 2.43. The number of methoxy groups -OCH3 is 1. The maximum Gasteiger partial charge on any atom is 0.379 e. The van der Waals surface area contributed by atoms with E-state index in [0.717, 1.165) is 13.2 Å². The molecule has 0 fully saturated rings. The van der Waals surface area contributed by atoms with Gasteiger partial charge in [-0.1, -0.05) is 17.7 Å². The second-order valence-electron chi connectivity index (χ2n) is 2.70. The molecule has 0 bridgehead atoms. The zero-order chi connectivity index (χ0) is 11.6. The summed E-state index contributed by atoms with van der Waals surface area (Å²) < 4.78 is 31.0. The van der Waals surface area contributed by atoms with E-state index in [1.165, 1.54) is 12.1 Å². The van der Waals surface area contributed by atoms with Gasteiger partial charge in [-0.2, -0.15) is 8.78 Å². The van der Waals surface area contributed by atoms with Crippen molar-refractivity contribution in [3.63, 3.8) is 0 Å². The number of para-hydroxylation sites is 1. The van der Waals surface area contributed by atoms with Crippen LogP contribution in [0.2, 0.25) is 5.02 Å². The fourth-order valence-electron chi connectivity index (χ4n) is 1.08. The fraction of sp³-hybridized carbons (Fsp3) is 0.222. The van der Waals surface area contributed by atoms with Crippen molar-refractivity contribution < 1.29 is 23.4 Å². The molecule has 0 amide bonds. The Morgan fingerprint density at radius 1 is 1.53 bits per heavy atom. The molecule has 0 unspecified atom stereocenters. The van der Waals surface area contributed by atoms with Crippen LogP contribution in [0, 0.1) is 0 Å². The lowest BCUT2D eigenvalue weighted by molar-refractivity contribution is -0.166. The van der Waals surface area contributed by atoms with Crippen LogP contribution in [0.15, 0.2) is 18.2 Å². The first kappa shape index (κ1) is 11.7. The first-order chi connectivity index (χ1) is 6.91. The molecule has 0 spiro atoms. The average Bonchev–Trinajstić information content (AvgIpc) is 2.17. The first-order valence-electron chi connectivity index (χ1n) is 3.85. The molecule has 0 saturated heterocycles. The van der Waals surface area contributed by atoms with Crippen molar-refractivity contribution in [2.45, 2.75) is 5.92 Å². The zero-order valence-corrected chi connectivity index (χ0v) is 8.39. The molecule has 1 aromatic carbocycles. The summed E-state index contributed by atoms with van der Waals surface area (Å²) in [6.07, 6.45) is 0. The van der Waals surface area contributed by atoms with Gasteiger partial charge < -0.3 is 9.84 Å². The highest BCUT2D eigenvalue weighted by atomic mass is 35.5. The molecule has 15 heavy (non-hydrogen) atoms. The molecule has 0 saturated carbocycles. The number of benzene rings is 1. The van der Waals surface area contributed by atoms with E-state index in [2.05, 4.69) is 4.74 Å². The molecule has 82 valence electrons. The summed E-state index contributed by atoms with van der Waals surface area (Å²) in [5.74, 6) is -6.59.